The molecule has 1 fully saturated rings. The number of aryl methyl sites for hydroxylation is 1. The van der Waals surface area contributed by atoms with Crippen LogP contribution < -0.4 is 15.8 Å². The number of halogens is 1. The summed E-state index contributed by atoms with van der Waals surface area (Å²) in [5.41, 5.74) is 6.98. The topological polar surface area (TPSA) is 66.0 Å². The van der Waals surface area contributed by atoms with Gasteiger partial charge >= 0.3 is 0 Å². The lowest BCUT2D eigenvalue weighted by molar-refractivity contribution is 0.428. The van der Waals surface area contributed by atoms with Gasteiger partial charge < -0.3 is 5.32 Å². The van der Waals surface area contributed by atoms with E-state index >= 15 is 0 Å². The number of nitrogens with one attached hydrogen (secondary N) is 2. The highest BCUT2D eigenvalue weighted by atomic mass is 19.1. The summed E-state index contributed by atoms with van der Waals surface area (Å²) in [5, 5.41) is 13.2. The molecule has 5 nitrogen and oxygen atoms in total. The minimum Gasteiger partial charge on any atom is -0.316 e. The van der Waals surface area contributed by atoms with Gasteiger partial charge in [0.25, 0.3) is 0 Å². The summed E-state index contributed by atoms with van der Waals surface area (Å²) in [7, 11) is 1.81. The number of piperidine rings is 1. The third-order valence-electron chi connectivity index (χ3n) is 7.05. The van der Waals surface area contributed by atoms with Crippen LogP contribution in [0.25, 0.3) is 34.7 Å². The van der Waals surface area contributed by atoms with Gasteiger partial charge in [-0.1, -0.05) is 36.4 Å². The molecule has 6 heteroatoms. The van der Waals surface area contributed by atoms with Crippen LogP contribution in [0.4, 0.5) is 4.39 Å². The molecule has 5 rings (SSSR count). The second-order valence-electron chi connectivity index (χ2n) is 9.60. The molecule has 0 radical (unpaired) electrons. The molecule has 1 aliphatic carbocycles. The summed E-state index contributed by atoms with van der Waals surface area (Å²) in [6.45, 7) is 8.12. The van der Waals surface area contributed by atoms with Gasteiger partial charge in [-0.25, -0.2) is 9.37 Å². The molecule has 0 amide bonds. The van der Waals surface area contributed by atoms with Gasteiger partial charge in [-0.3, -0.25) is 10.1 Å². The van der Waals surface area contributed by atoms with E-state index in [0.717, 1.165) is 59.0 Å². The van der Waals surface area contributed by atoms with Crippen LogP contribution in [0.2, 0.25) is 0 Å². The molecule has 2 aromatic heterocycles. The number of benzene rings is 1. The van der Waals surface area contributed by atoms with Crippen molar-refractivity contribution in [2.24, 2.45) is 10.9 Å². The first kappa shape index (κ1) is 24.8. The van der Waals surface area contributed by atoms with E-state index in [0.29, 0.717) is 23.0 Å². The zero-order chi connectivity index (χ0) is 25.8. The van der Waals surface area contributed by atoms with Gasteiger partial charge in [-0.05, 0) is 96.1 Å². The van der Waals surface area contributed by atoms with E-state index in [2.05, 4.69) is 74.6 Å². The molecule has 1 aliphatic heterocycles. The van der Waals surface area contributed by atoms with Crippen molar-refractivity contribution in [2.45, 2.75) is 26.2 Å². The fourth-order valence-electron chi connectivity index (χ4n) is 4.99. The molecule has 0 spiro atoms. The van der Waals surface area contributed by atoms with E-state index in [1.165, 1.54) is 17.7 Å². The number of H-pyrrole nitrogens is 1. The Morgan fingerprint density at radius 3 is 2.86 bits per heavy atom. The van der Waals surface area contributed by atoms with Crippen molar-refractivity contribution in [1.29, 1.82) is 0 Å². The lowest BCUT2D eigenvalue weighted by atomic mass is 9.90. The predicted octanol–water partition coefficient (Wildman–Crippen LogP) is 4.66. The van der Waals surface area contributed by atoms with Crippen LogP contribution in [0.3, 0.4) is 0 Å². The van der Waals surface area contributed by atoms with Gasteiger partial charge in [0.15, 0.2) is 0 Å². The number of aromatic amines is 1. The van der Waals surface area contributed by atoms with Gasteiger partial charge in [-0.2, -0.15) is 5.10 Å². The number of fused-ring (bicyclic) bond motifs is 1. The standard InChI is InChI=1S/C31H32FN5/c1-20(25-8-5-13-34-18-25)14-27(17-33-3)23-7-4-6-22-9-10-24(16-26(22)15-23)28-19-35-37-31(28)30-12-11-29(32)21(2)36-30/h6-7,9-12,14-17,19,25,34H,1,4-5,8,13,18H2,2-3H3,(H,35,37)/b27-14+,33-17-. The van der Waals surface area contributed by atoms with E-state index in [9.17, 15) is 4.39 Å². The summed E-state index contributed by atoms with van der Waals surface area (Å²) in [6.07, 6.45) is 15.9. The summed E-state index contributed by atoms with van der Waals surface area (Å²) >= 11 is 0. The molecule has 2 N–H and O–H groups in total. The number of allylic oxidation sites excluding steroid dienone is 4. The second kappa shape index (κ2) is 11.0. The highest BCUT2D eigenvalue weighted by Crippen LogP contribution is 2.29. The van der Waals surface area contributed by atoms with Gasteiger partial charge in [0, 0.05) is 31.6 Å². The molecule has 3 heterocycles. The smallest absolute Gasteiger partial charge is 0.144 e. The van der Waals surface area contributed by atoms with Crippen molar-refractivity contribution in [2.75, 3.05) is 20.1 Å². The molecule has 1 saturated heterocycles. The molecule has 37 heavy (non-hydrogen) atoms. The average molecular weight is 494 g/mol. The Balaban J connectivity index is 1.53. The highest BCUT2D eigenvalue weighted by molar-refractivity contribution is 5.90. The van der Waals surface area contributed by atoms with Crippen LogP contribution in [0, 0.1) is 18.7 Å². The lowest BCUT2D eigenvalue weighted by Gasteiger charge is -2.23. The third-order valence-corrected chi connectivity index (χ3v) is 7.05. The molecular weight excluding hydrogens is 461 g/mol. The summed E-state index contributed by atoms with van der Waals surface area (Å²) < 4.78 is 13.8. The SMILES string of the molecule is C=C(/C=C(\C=N/C)C1=CCC=c2ccc(-c3c[nH]nc3-c3ccc(F)c(C)n3)cc2=C1)C1CCCNC1. The molecule has 1 atom stereocenters. The Labute approximate surface area is 217 Å². The fraction of sp³-hybridized carbons (Fsp3) is 0.258. The van der Waals surface area contributed by atoms with Gasteiger partial charge in [0.2, 0.25) is 0 Å². The first-order valence-corrected chi connectivity index (χ1v) is 12.8. The van der Waals surface area contributed by atoms with E-state index in [-0.39, 0.29) is 5.82 Å². The second-order valence-corrected chi connectivity index (χ2v) is 9.60. The normalized spacial score (nSPS) is 18.0. The molecule has 3 aromatic rings. The Morgan fingerprint density at radius 2 is 2.08 bits per heavy atom. The van der Waals surface area contributed by atoms with Crippen molar-refractivity contribution >= 4 is 18.4 Å². The lowest BCUT2D eigenvalue weighted by Crippen LogP contribution is -2.30. The van der Waals surface area contributed by atoms with E-state index in [1.54, 1.807) is 20.0 Å². The van der Waals surface area contributed by atoms with Crippen LogP contribution in [-0.2, 0) is 0 Å². The molecule has 188 valence electrons. The highest BCUT2D eigenvalue weighted by Gasteiger charge is 2.16. The summed E-state index contributed by atoms with van der Waals surface area (Å²) in [4.78, 5) is 8.76. The minimum absolute atomic E-state index is 0.322. The van der Waals surface area contributed by atoms with Crippen LogP contribution in [0.15, 0.2) is 77.0 Å². The molecular formula is C31H32FN5. The van der Waals surface area contributed by atoms with Crippen molar-refractivity contribution in [1.82, 2.24) is 20.5 Å². The number of rotatable bonds is 6. The number of hydrogen-bond acceptors (Lipinski definition) is 4. The van der Waals surface area contributed by atoms with Crippen molar-refractivity contribution in [3.63, 3.8) is 0 Å². The summed E-state index contributed by atoms with van der Waals surface area (Å²) in [5.74, 6) is 0.131. The Hall–Kier alpha value is -3.90. The molecule has 2 aliphatic rings. The number of nitrogens with zero attached hydrogens (tertiary/aromatic N) is 3. The summed E-state index contributed by atoms with van der Waals surface area (Å²) in [6, 6.07) is 9.52. The fourth-order valence-corrected chi connectivity index (χ4v) is 4.99. The van der Waals surface area contributed by atoms with Gasteiger partial charge in [-0.15, -0.1) is 0 Å². The monoisotopic (exact) mass is 493 g/mol. The van der Waals surface area contributed by atoms with Crippen LogP contribution in [-0.4, -0.2) is 41.5 Å². The number of pyridine rings is 1. The Kier molecular flexibility index (Phi) is 7.37. The van der Waals surface area contributed by atoms with E-state index in [1.807, 2.05) is 12.4 Å². The first-order chi connectivity index (χ1) is 18.0. The average Bonchev–Trinajstić information content (AvgIpc) is 3.30. The van der Waals surface area contributed by atoms with E-state index in [4.69, 9.17) is 0 Å². The number of aromatic nitrogens is 3. The molecule has 1 unspecified atom stereocenters. The van der Waals surface area contributed by atoms with Crippen LogP contribution in [0.1, 0.15) is 25.0 Å². The zero-order valence-electron chi connectivity index (χ0n) is 21.4. The van der Waals surface area contributed by atoms with Crippen molar-refractivity contribution in [3.8, 4) is 22.5 Å². The molecule has 0 saturated carbocycles. The van der Waals surface area contributed by atoms with Crippen molar-refractivity contribution < 1.29 is 4.39 Å². The maximum absolute atomic E-state index is 13.8. The number of aliphatic imine (C=N–C) groups is 1. The molecule has 0 bridgehead atoms. The van der Waals surface area contributed by atoms with Crippen molar-refractivity contribution in [3.05, 3.63) is 93.9 Å². The number of hydrogen-bond donors (Lipinski definition) is 2. The minimum atomic E-state index is -0.322. The maximum Gasteiger partial charge on any atom is 0.144 e. The van der Waals surface area contributed by atoms with E-state index < -0.39 is 0 Å². The Morgan fingerprint density at radius 1 is 1.19 bits per heavy atom. The molecule has 1 aromatic carbocycles. The quantitative estimate of drug-likeness (QED) is 0.388. The maximum atomic E-state index is 13.8. The van der Waals surface area contributed by atoms with Gasteiger partial charge in [0.05, 0.1) is 11.4 Å². The third kappa shape index (κ3) is 5.44. The zero-order valence-corrected chi connectivity index (χ0v) is 21.4. The van der Waals surface area contributed by atoms with Gasteiger partial charge in [0.1, 0.15) is 11.5 Å². The van der Waals surface area contributed by atoms with Crippen LogP contribution >= 0.6 is 0 Å². The van der Waals surface area contributed by atoms with Crippen LogP contribution in [0.5, 0.6) is 0 Å². The predicted molar refractivity (Wildman–Crippen MR) is 150 cm³/mol. The Bertz CT molecular complexity index is 1530. The largest absolute Gasteiger partial charge is 0.316 e. The first-order valence-electron chi connectivity index (χ1n) is 12.8.